The average Bonchev–Trinajstić information content (AvgIpc) is 3.21. The average molecular weight is 573 g/mol. The molecule has 6 heteroatoms. The SMILES string of the molecule is Cc1cc(C)c(C(C)(C)C)cc1O.Cc1cc(C)c(C(C)(C)C)cc1O.Cl.Cl.[Ti]=[CH]c1cccs1. The third-order valence-electron chi connectivity index (χ3n) is 5.39. The molecule has 0 unspecified atom stereocenters. The fourth-order valence-corrected chi connectivity index (χ4v) is 4.68. The van der Waals surface area contributed by atoms with Crippen LogP contribution in [0.2, 0.25) is 0 Å². The van der Waals surface area contributed by atoms with Crippen LogP contribution in [0.3, 0.4) is 0 Å². The van der Waals surface area contributed by atoms with Gasteiger partial charge in [0.2, 0.25) is 0 Å². The molecule has 0 spiro atoms. The van der Waals surface area contributed by atoms with Crippen molar-refractivity contribution < 1.29 is 30.2 Å². The number of aryl methyl sites for hydroxylation is 4. The minimum absolute atomic E-state index is 0. The molecule has 0 bridgehead atoms. The van der Waals surface area contributed by atoms with Gasteiger partial charge in [0.25, 0.3) is 0 Å². The second kappa shape index (κ2) is 15.2. The minimum atomic E-state index is 0. The van der Waals surface area contributed by atoms with Crippen molar-refractivity contribution in [3.63, 3.8) is 0 Å². The Balaban J connectivity index is 0. The molecule has 3 aromatic rings. The quantitative estimate of drug-likeness (QED) is 0.286. The van der Waals surface area contributed by atoms with E-state index in [-0.39, 0.29) is 35.6 Å². The van der Waals surface area contributed by atoms with Crippen molar-refractivity contribution in [1.29, 1.82) is 0 Å². The van der Waals surface area contributed by atoms with Crippen LogP contribution in [0.1, 0.15) is 79.8 Å². The molecule has 0 saturated carbocycles. The van der Waals surface area contributed by atoms with Crippen LogP contribution >= 0.6 is 36.2 Å². The molecule has 0 aliphatic carbocycles. The van der Waals surface area contributed by atoms with E-state index in [1.165, 1.54) is 27.1 Å². The Morgan fingerprint density at radius 3 is 1.29 bits per heavy atom. The van der Waals surface area contributed by atoms with Gasteiger partial charge in [0.05, 0.1) is 0 Å². The van der Waals surface area contributed by atoms with Crippen LogP contribution in [-0.2, 0) is 30.8 Å². The molecule has 1 aromatic heterocycles. The maximum atomic E-state index is 9.59. The summed E-state index contributed by atoms with van der Waals surface area (Å²) in [5.41, 5.74) is 7.05. The van der Waals surface area contributed by atoms with Gasteiger partial charge in [-0.1, -0.05) is 53.7 Å². The van der Waals surface area contributed by atoms with Crippen LogP contribution in [0.15, 0.2) is 41.8 Å². The summed E-state index contributed by atoms with van der Waals surface area (Å²) in [6.07, 6.45) is 0. The monoisotopic (exact) mass is 572 g/mol. The van der Waals surface area contributed by atoms with Gasteiger partial charge in [0.15, 0.2) is 0 Å². The maximum absolute atomic E-state index is 9.59. The van der Waals surface area contributed by atoms with E-state index >= 15 is 0 Å². The molecule has 3 rings (SSSR count). The van der Waals surface area contributed by atoms with Crippen molar-refractivity contribution in [3.05, 3.63) is 80.0 Å². The van der Waals surface area contributed by atoms with Gasteiger partial charge in [0, 0.05) is 0 Å². The summed E-state index contributed by atoms with van der Waals surface area (Å²) in [6.45, 7) is 21.0. The zero-order valence-electron chi connectivity index (χ0n) is 22.7. The number of hydrogen-bond acceptors (Lipinski definition) is 3. The first-order chi connectivity index (χ1) is 15.1. The molecular weight excluding hydrogens is 531 g/mol. The van der Waals surface area contributed by atoms with E-state index in [0.29, 0.717) is 11.5 Å². The van der Waals surface area contributed by atoms with Crippen LogP contribution in [-0.4, -0.2) is 14.5 Å². The standard InChI is InChI=1S/2C12H18O.C5H4S.2ClH.Ti/c2*1-8-6-9(2)11(13)7-10(8)12(3,4)5;1-5-3-2-4-6-5;;;/h2*6-7,13H,1-5H3;1-4H;2*1H;. The second-order valence-electron chi connectivity index (χ2n) is 10.6. The normalized spacial score (nSPS) is 10.4. The number of aromatic hydroxyl groups is 2. The van der Waals surface area contributed by atoms with Gasteiger partial charge in [0.1, 0.15) is 11.5 Å². The van der Waals surface area contributed by atoms with Gasteiger partial charge >= 0.3 is 58.0 Å². The third kappa shape index (κ3) is 11.7. The molecule has 0 aliphatic heterocycles. The van der Waals surface area contributed by atoms with E-state index in [2.05, 4.69) is 77.2 Å². The van der Waals surface area contributed by atoms with Crippen molar-refractivity contribution in [2.45, 2.75) is 80.1 Å². The van der Waals surface area contributed by atoms with Gasteiger partial charge in [-0.15, -0.1) is 24.8 Å². The van der Waals surface area contributed by atoms with Crippen LogP contribution < -0.4 is 0 Å². The van der Waals surface area contributed by atoms with Gasteiger partial charge in [-0.2, -0.15) is 0 Å². The van der Waals surface area contributed by atoms with E-state index in [4.69, 9.17) is 0 Å². The Morgan fingerprint density at radius 2 is 1.06 bits per heavy atom. The summed E-state index contributed by atoms with van der Waals surface area (Å²) in [5, 5.41) is 21.3. The molecular formula is C29H42Cl2O2STi. The van der Waals surface area contributed by atoms with E-state index in [9.17, 15) is 10.2 Å². The predicted octanol–water partition coefficient (Wildman–Crippen LogP) is 8.90. The second-order valence-corrected chi connectivity index (χ2v) is 12.0. The van der Waals surface area contributed by atoms with E-state index in [1.54, 1.807) is 11.3 Å². The number of halogens is 2. The van der Waals surface area contributed by atoms with Gasteiger partial charge in [-0.05, 0) is 84.0 Å². The van der Waals surface area contributed by atoms with Gasteiger partial charge in [-0.3, -0.25) is 0 Å². The summed E-state index contributed by atoms with van der Waals surface area (Å²) in [4.78, 5) is 1.35. The molecule has 194 valence electrons. The molecule has 0 fully saturated rings. The first-order valence-corrected chi connectivity index (χ1v) is 13.0. The number of thiophene rings is 1. The van der Waals surface area contributed by atoms with E-state index in [1.807, 2.05) is 58.1 Å². The van der Waals surface area contributed by atoms with Crippen LogP contribution in [0.25, 0.3) is 0 Å². The van der Waals surface area contributed by atoms with Gasteiger partial charge < -0.3 is 10.2 Å². The summed E-state index contributed by atoms with van der Waals surface area (Å²) in [7, 11) is 0. The zero-order chi connectivity index (χ0) is 25.6. The molecule has 2 nitrogen and oxygen atoms in total. The molecule has 0 atom stereocenters. The molecule has 0 aliphatic rings. The molecule has 2 N–H and O–H groups in total. The molecule has 1 heterocycles. The fourth-order valence-electron chi connectivity index (χ4n) is 3.67. The number of phenolic OH excluding ortho intramolecular Hbond substituents is 2. The zero-order valence-corrected chi connectivity index (χ0v) is 26.7. The van der Waals surface area contributed by atoms with E-state index < -0.39 is 0 Å². The molecule has 0 radical (unpaired) electrons. The third-order valence-corrected chi connectivity index (χ3v) is 7.02. The van der Waals surface area contributed by atoms with Crippen molar-refractivity contribution in [1.82, 2.24) is 0 Å². The van der Waals surface area contributed by atoms with Crippen molar-refractivity contribution in [2.24, 2.45) is 0 Å². The summed E-state index contributed by atoms with van der Waals surface area (Å²) in [6, 6.07) is 12.0. The van der Waals surface area contributed by atoms with E-state index in [0.717, 1.165) is 11.1 Å². The molecule has 35 heavy (non-hydrogen) atoms. The Labute approximate surface area is 240 Å². The first-order valence-electron chi connectivity index (χ1n) is 11.2. The predicted molar refractivity (Wildman–Crippen MR) is 157 cm³/mol. The van der Waals surface area contributed by atoms with Crippen molar-refractivity contribution >= 4 is 40.5 Å². The molecule has 0 amide bonds. The topological polar surface area (TPSA) is 40.5 Å². The molecule has 0 saturated heterocycles. The van der Waals surface area contributed by atoms with Crippen molar-refractivity contribution in [2.75, 3.05) is 0 Å². The van der Waals surface area contributed by atoms with Gasteiger partial charge in [-0.25, -0.2) is 0 Å². The molecule has 2 aromatic carbocycles. The summed E-state index contributed by atoms with van der Waals surface area (Å²) in [5.74, 6) is 0.797. The Hall–Kier alpha value is -1.10. The number of rotatable bonds is 1. The summed E-state index contributed by atoms with van der Waals surface area (Å²) >= 11 is 3.81. The fraction of sp³-hybridized carbons (Fsp3) is 0.414. The Kier molecular flexibility index (Phi) is 15.7. The number of benzene rings is 2. The Morgan fingerprint density at radius 1 is 0.686 bits per heavy atom. The summed E-state index contributed by atoms with van der Waals surface area (Å²) < 4.78 is 2.10. The van der Waals surface area contributed by atoms with Crippen LogP contribution in [0.5, 0.6) is 11.5 Å². The number of phenols is 2. The van der Waals surface area contributed by atoms with Crippen LogP contribution in [0, 0.1) is 27.7 Å². The number of hydrogen-bond donors (Lipinski definition) is 2. The van der Waals surface area contributed by atoms with Crippen molar-refractivity contribution in [3.8, 4) is 11.5 Å². The first kappa shape index (κ1) is 36.1. The van der Waals surface area contributed by atoms with Crippen LogP contribution in [0.4, 0.5) is 0 Å². The Bertz CT molecular complexity index is 996.